The second-order valence-corrected chi connectivity index (χ2v) is 15.9. The van der Waals surface area contributed by atoms with Crippen LogP contribution in [-0.4, -0.2) is 0 Å². The van der Waals surface area contributed by atoms with Crippen molar-refractivity contribution in [2.24, 2.45) is 0 Å². The van der Waals surface area contributed by atoms with E-state index < -0.39 is 22.2 Å². The quantitative estimate of drug-likeness (QED) is 0.133. The third-order valence-electron chi connectivity index (χ3n) is 8.77. The number of hydrogen-bond donors (Lipinski definition) is 0. The first-order chi connectivity index (χ1) is 24.1. The van der Waals surface area contributed by atoms with E-state index in [-0.39, 0.29) is 0 Å². The van der Waals surface area contributed by atoms with Crippen LogP contribution in [0.4, 0.5) is 0 Å². The molecule has 0 saturated carbocycles. The fourth-order valence-corrected chi connectivity index (χ4v) is 8.60. The van der Waals surface area contributed by atoms with Crippen LogP contribution >= 0.6 is 16.8 Å². The highest BCUT2D eigenvalue weighted by atomic mass is 31.2. The van der Waals surface area contributed by atoms with Crippen molar-refractivity contribution in [3.8, 4) is 34.5 Å². The fraction of sp³-hybridized carbons (Fsp3) is 0.163. The Kier molecular flexibility index (Phi) is 9.56. The Morgan fingerprint density at radius 2 is 0.680 bits per heavy atom. The minimum Gasteiger partial charge on any atom is -0.455 e. The van der Waals surface area contributed by atoms with Gasteiger partial charge in [0.15, 0.2) is 0 Å². The summed E-state index contributed by atoms with van der Waals surface area (Å²) in [7, 11) is -3.33. The van der Waals surface area contributed by atoms with Crippen LogP contribution in [0.15, 0.2) is 133 Å². The Morgan fingerprint density at radius 3 is 0.960 bits per heavy atom. The number of ether oxygens (including phenoxy) is 1. The first-order valence-electron chi connectivity index (χ1n) is 16.7. The Balaban J connectivity index is 1.33. The van der Waals surface area contributed by atoms with Crippen LogP contribution in [0.5, 0.6) is 34.5 Å². The Labute approximate surface area is 297 Å². The zero-order chi connectivity index (χ0) is 34.8. The third kappa shape index (κ3) is 7.22. The molecule has 0 aliphatic carbocycles. The number of fused-ring (bicyclic) bond motifs is 2. The molecule has 1 aliphatic heterocycles. The van der Waals surface area contributed by atoms with E-state index in [0.29, 0.717) is 0 Å². The van der Waals surface area contributed by atoms with Gasteiger partial charge in [0.05, 0.1) is 10.6 Å². The maximum absolute atomic E-state index is 7.08. The molecule has 6 aromatic carbocycles. The molecule has 0 amide bonds. The van der Waals surface area contributed by atoms with Crippen LogP contribution in [-0.2, 0) is 5.41 Å². The van der Waals surface area contributed by atoms with E-state index in [4.69, 9.17) is 22.8 Å². The second kappa shape index (κ2) is 14.2. The summed E-state index contributed by atoms with van der Waals surface area (Å²) in [6.07, 6.45) is 0. The minimum absolute atomic E-state index is 0.418. The highest BCUT2D eigenvalue weighted by molar-refractivity contribution is 7.57. The van der Waals surface area contributed by atoms with Crippen LogP contribution in [0.25, 0.3) is 0 Å². The fourth-order valence-electron chi connectivity index (χ4n) is 5.80. The van der Waals surface area contributed by atoms with Gasteiger partial charge in [-0.2, -0.15) is 0 Å². The second-order valence-electron chi connectivity index (χ2n) is 13.2. The SMILES string of the molecule is Cc1ccc(OP(Oc2ccc(C)cc2)c2cccc3c2Oc2c(P(Oc4ccc(C)cc4)Oc4ccc(C)cc4)cccc2C3(C)C)cc1. The molecule has 0 fully saturated rings. The van der Waals surface area contributed by atoms with Gasteiger partial charge in [-0.1, -0.05) is 109 Å². The van der Waals surface area contributed by atoms with Crippen molar-refractivity contribution < 1.29 is 22.8 Å². The van der Waals surface area contributed by atoms with Crippen LogP contribution in [0, 0.1) is 27.7 Å². The first-order valence-corrected chi connectivity index (χ1v) is 19.0. The average Bonchev–Trinajstić information content (AvgIpc) is 3.11. The normalized spacial score (nSPS) is 12.9. The summed E-state index contributed by atoms with van der Waals surface area (Å²) in [5.74, 6) is 4.35. The molecule has 7 heteroatoms. The lowest BCUT2D eigenvalue weighted by atomic mass is 9.76. The van der Waals surface area contributed by atoms with Gasteiger partial charge in [-0.05, 0) is 88.4 Å². The van der Waals surface area contributed by atoms with E-state index in [2.05, 4.69) is 65.8 Å². The first kappa shape index (κ1) is 33.7. The Bertz CT molecular complexity index is 1850. The van der Waals surface area contributed by atoms with Crippen LogP contribution < -0.4 is 33.4 Å². The number of benzene rings is 6. The predicted molar refractivity (Wildman–Crippen MR) is 205 cm³/mol. The molecule has 50 heavy (non-hydrogen) atoms. The molecule has 1 heterocycles. The van der Waals surface area contributed by atoms with Crippen molar-refractivity contribution in [3.63, 3.8) is 0 Å². The zero-order valence-electron chi connectivity index (χ0n) is 29.1. The molecule has 0 unspecified atom stereocenters. The molecule has 0 N–H and O–H groups in total. The van der Waals surface area contributed by atoms with Gasteiger partial charge >= 0.3 is 16.8 Å². The smallest absolute Gasteiger partial charge is 0.330 e. The molecule has 1 aliphatic rings. The van der Waals surface area contributed by atoms with Crippen molar-refractivity contribution in [2.45, 2.75) is 47.0 Å². The monoisotopic (exact) mass is 698 g/mol. The maximum Gasteiger partial charge on any atom is 0.330 e. The zero-order valence-corrected chi connectivity index (χ0v) is 30.9. The van der Waals surface area contributed by atoms with Gasteiger partial charge in [0, 0.05) is 16.5 Å². The van der Waals surface area contributed by atoms with E-state index in [0.717, 1.165) is 78.5 Å². The summed E-state index contributed by atoms with van der Waals surface area (Å²) >= 11 is 0. The van der Waals surface area contributed by atoms with E-state index in [1.807, 2.05) is 109 Å². The lowest BCUT2D eigenvalue weighted by Gasteiger charge is -2.37. The summed E-state index contributed by atoms with van der Waals surface area (Å²) in [5, 5.41) is 1.69. The van der Waals surface area contributed by atoms with Gasteiger partial charge in [0.25, 0.3) is 0 Å². The Morgan fingerprint density at radius 1 is 0.400 bits per heavy atom. The molecule has 7 rings (SSSR count). The largest absolute Gasteiger partial charge is 0.455 e. The highest BCUT2D eigenvalue weighted by Gasteiger charge is 2.41. The van der Waals surface area contributed by atoms with E-state index >= 15 is 0 Å². The van der Waals surface area contributed by atoms with Gasteiger partial charge in [-0.15, -0.1) is 0 Å². The van der Waals surface area contributed by atoms with Crippen LogP contribution in [0.3, 0.4) is 0 Å². The van der Waals surface area contributed by atoms with E-state index in [1.165, 1.54) is 0 Å². The number of hydrogen-bond acceptors (Lipinski definition) is 5. The Hall–Kier alpha value is -4.82. The summed E-state index contributed by atoms with van der Waals surface area (Å²) < 4.78 is 33.8. The molecule has 5 nitrogen and oxygen atoms in total. The minimum atomic E-state index is -1.67. The molecular formula is C43H40O5P2. The van der Waals surface area contributed by atoms with Gasteiger partial charge in [-0.3, -0.25) is 0 Å². The van der Waals surface area contributed by atoms with Crippen molar-refractivity contribution in [1.29, 1.82) is 0 Å². The third-order valence-corrected chi connectivity index (χ3v) is 11.8. The van der Waals surface area contributed by atoms with Crippen molar-refractivity contribution in [2.75, 3.05) is 0 Å². The van der Waals surface area contributed by atoms with Crippen molar-refractivity contribution in [1.82, 2.24) is 0 Å². The highest BCUT2D eigenvalue weighted by Crippen LogP contribution is 2.53. The molecule has 0 aromatic heterocycles. The van der Waals surface area contributed by atoms with Gasteiger partial charge < -0.3 is 22.8 Å². The molecule has 252 valence electrons. The standard InChI is InChI=1S/C43H40O5P2/c1-29-13-21-33(22-14-29)45-49(46-34-23-15-30(2)16-24-34)39-11-7-9-37-41(39)44-42-38(43(37,5)6)10-8-12-40(42)50(47-35-25-17-31(3)18-26-35)48-36-27-19-32(4)20-28-36/h7-28H,1-6H3. The number of rotatable bonds is 10. The van der Waals surface area contributed by atoms with E-state index in [1.54, 1.807) is 0 Å². The van der Waals surface area contributed by atoms with Crippen molar-refractivity contribution >= 4 is 27.4 Å². The summed E-state index contributed by atoms with van der Waals surface area (Å²) in [5.41, 5.74) is 6.31. The number of para-hydroxylation sites is 2. The summed E-state index contributed by atoms with van der Waals surface area (Å²) in [6.45, 7) is 12.7. The predicted octanol–water partition coefficient (Wildman–Crippen LogP) is 11.5. The maximum atomic E-state index is 7.08. The van der Waals surface area contributed by atoms with Gasteiger partial charge in [0.2, 0.25) is 0 Å². The molecular weight excluding hydrogens is 658 g/mol. The molecule has 0 radical (unpaired) electrons. The number of aryl methyl sites for hydroxylation is 4. The summed E-state index contributed by atoms with van der Waals surface area (Å²) in [4.78, 5) is 0. The summed E-state index contributed by atoms with van der Waals surface area (Å²) in [6, 6.07) is 44.7. The average molecular weight is 699 g/mol. The molecule has 6 aromatic rings. The molecule has 0 atom stereocenters. The molecule has 0 spiro atoms. The topological polar surface area (TPSA) is 46.2 Å². The van der Waals surface area contributed by atoms with E-state index in [9.17, 15) is 0 Å². The van der Waals surface area contributed by atoms with Crippen LogP contribution in [0.2, 0.25) is 0 Å². The molecule has 0 bridgehead atoms. The van der Waals surface area contributed by atoms with Crippen LogP contribution in [0.1, 0.15) is 47.2 Å². The van der Waals surface area contributed by atoms with Gasteiger partial charge in [-0.25, -0.2) is 0 Å². The van der Waals surface area contributed by atoms with Crippen molar-refractivity contribution in [3.05, 3.63) is 167 Å². The van der Waals surface area contributed by atoms with Gasteiger partial charge in [0.1, 0.15) is 34.5 Å². The lowest BCUT2D eigenvalue weighted by molar-refractivity contribution is 0.420. The molecule has 0 saturated heterocycles. The lowest BCUT2D eigenvalue weighted by Crippen LogP contribution is -2.30.